The largest absolute Gasteiger partial charge is 0.356 e. The first-order chi connectivity index (χ1) is 7.20. The Morgan fingerprint density at radius 1 is 1.67 bits per heavy atom. The average Bonchev–Trinajstić information content (AvgIpc) is 2.65. The third-order valence-corrected chi connectivity index (χ3v) is 2.03. The number of hydrogen-bond acceptors (Lipinski definition) is 4. The first-order valence-electron chi connectivity index (χ1n) is 4.29. The molecule has 0 radical (unpaired) electrons. The van der Waals surface area contributed by atoms with Gasteiger partial charge in [-0.2, -0.15) is 19.6 Å². The number of anilines is 1. The molecular formula is C9H8ClN5. The Bertz CT molecular complexity index is 527. The minimum Gasteiger partial charge on any atom is -0.356 e. The summed E-state index contributed by atoms with van der Waals surface area (Å²) in [4.78, 5) is 7.93. The molecule has 0 spiro atoms. The van der Waals surface area contributed by atoms with Gasteiger partial charge in [0.1, 0.15) is 17.3 Å². The minimum absolute atomic E-state index is 0.115. The second kappa shape index (κ2) is 3.75. The Balaban J connectivity index is 2.49. The van der Waals surface area contributed by atoms with Gasteiger partial charge < -0.3 is 5.32 Å². The molecule has 0 fully saturated rings. The lowest BCUT2D eigenvalue weighted by molar-refractivity contribution is 0.906. The highest BCUT2D eigenvalue weighted by atomic mass is 35.5. The van der Waals surface area contributed by atoms with Crippen molar-refractivity contribution in [1.29, 1.82) is 0 Å². The van der Waals surface area contributed by atoms with E-state index >= 15 is 0 Å². The molecule has 0 aliphatic carbocycles. The van der Waals surface area contributed by atoms with Crippen LogP contribution in [0.2, 0.25) is 5.15 Å². The maximum atomic E-state index is 5.82. The number of halogens is 1. The Morgan fingerprint density at radius 3 is 3.20 bits per heavy atom. The van der Waals surface area contributed by atoms with Gasteiger partial charge in [0.15, 0.2) is 0 Å². The molecule has 5 nitrogen and oxygen atoms in total. The minimum atomic E-state index is -0.115. The van der Waals surface area contributed by atoms with Crippen molar-refractivity contribution in [3.63, 3.8) is 0 Å². The predicted octanol–water partition coefficient (Wildman–Crippen LogP) is 1.21. The van der Waals surface area contributed by atoms with E-state index in [1.165, 1.54) is 6.33 Å². The fourth-order valence-corrected chi connectivity index (χ4v) is 1.33. The Labute approximate surface area is 91.5 Å². The first-order valence-corrected chi connectivity index (χ1v) is 4.67. The van der Waals surface area contributed by atoms with Crippen molar-refractivity contribution in [3.8, 4) is 12.3 Å². The molecular weight excluding hydrogens is 214 g/mol. The van der Waals surface area contributed by atoms with Crippen LogP contribution in [0.4, 0.5) is 5.82 Å². The molecule has 0 aliphatic rings. The van der Waals surface area contributed by atoms with Crippen molar-refractivity contribution in [3.05, 3.63) is 17.5 Å². The Morgan fingerprint density at radius 2 is 2.47 bits per heavy atom. The van der Waals surface area contributed by atoms with Crippen molar-refractivity contribution < 1.29 is 0 Å². The highest BCUT2D eigenvalue weighted by molar-refractivity contribution is 6.29. The van der Waals surface area contributed by atoms with Gasteiger partial charge >= 0.3 is 0 Å². The van der Waals surface area contributed by atoms with Crippen LogP contribution in [0.5, 0.6) is 0 Å². The number of nitrogens with zero attached hydrogens (tertiary/aromatic N) is 4. The van der Waals surface area contributed by atoms with Crippen molar-refractivity contribution in [2.45, 2.75) is 13.0 Å². The number of terminal acetylenes is 1. The van der Waals surface area contributed by atoms with Crippen LogP contribution in [-0.4, -0.2) is 25.6 Å². The fourth-order valence-electron chi connectivity index (χ4n) is 1.15. The SMILES string of the molecule is C#CC(C)Nc1cc(Cl)nc2ncnn12. The lowest BCUT2D eigenvalue weighted by atomic mass is 10.3. The monoisotopic (exact) mass is 221 g/mol. The third-order valence-electron chi connectivity index (χ3n) is 1.83. The standard InChI is InChI=1S/C9H8ClN5/c1-3-6(2)13-8-4-7(10)14-9-11-5-12-15(8)9/h1,4-6,13H,2H3. The van der Waals surface area contributed by atoms with Gasteiger partial charge in [-0.25, -0.2) is 0 Å². The zero-order valence-corrected chi connectivity index (χ0v) is 8.73. The molecule has 6 heteroatoms. The van der Waals surface area contributed by atoms with E-state index in [1.54, 1.807) is 10.6 Å². The number of fused-ring (bicyclic) bond motifs is 1. The molecule has 0 saturated carbocycles. The van der Waals surface area contributed by atoms with Crippen LogP contribution in [0.3, 0.4) is 0 Å². The van der Waals surface area contributed by atoms with Crippen LogP contribution in [0.25, 0.3) is 5.78 Å². The van der Waals surface area contributed by atoms with Crippen molar-refractivity contribution in [2.24, 2.45) is 0 Å². The third kappa shape index (κ3) is 1.85. The van der Waals surface area contributed by atoms with Crippen LogP contribution < -0.4 is 5.32 Å². The highest BCUT2D eigenvalue weighted by Crippen LogP contribution is 2.14. The molecule has 1 atom stereocenters. The number of nitrogens with one attached hydrogen (secondary N) is 1. The maximum absolute atomic E-state index is 5.82. The summed E-state index contributed by atoms with van der Waals surface area (Å²) in [7, 11) is 0. The van der Waals surface area contributed by atoms with Crippen molar-refractivity contribution in [1.82, 2.24) is 19.6 Å². The van der Waals surface area contributed by atoms with Crippen LogP contribution in [0.1, 0.15) is 6.92 Å². The zero-order chi connectivity index (χ0) is 10.8. The van der Waals surface area contributed by atoms with Crippen LogP contribution in [0, 0.1) is 12.3 Å². The molecule has 15 heavy (non-hydrogen) atoms. The second-order valence-corrected chi connectivity index (χ2v) is 3.36. The lowest BCUT2D eigenvalue weighted by Crippen LogP contribution is -2.15. The van der Waals surface area contributed by atoms with E-state index < -0.39 is 0 Å². The van der Waals surface area contributed by atoms with E-state index in [0.29, 0.717) is 16.7 Å². The van der Waals surface area contributed by atoms with Gasteiger partial charge in [0.05, 0.1) is 6.04 Å². The second-order valence-electron chi connectivity index (χ2n) is 2.97. The van der Waals surface area contributed by atoms with Gasteiger partial charge in [0.2, 0.25) is 0 Å². The molecule has 0 saturated heterocycles. The van der Waals surface area contributed by atoms with E-state index in [0.717, 1.165) is 0 Å². The summed E-state index contributed by atoms with van der Waals surface area (Å²) in [6, 6.07) is 1.53. The summed E-state index contributed by atoms with van der Waals surface area (Å²) in [5.41, 5.74) is 0. The summed E-state index contributed by atoms with van der Waals surface area (Å²) in [5, 5.41) is 7.41. The topological polar surface area (TPSA) is 55.1 Å². The molecule has 2 aromatic heterocycles. The quantitative estimate of drug-likeness (QED) is 0.612. The number of rotatable bonds is 2. The van der Waals surface area contributed by atoms with Crippen LogP contribution in [0.15, 0.2) is 12.4 Å². The molecule has 76 valence electrons. The van der Waals surface area contributed by atoms with Crippen molar-refractivity contribution >= 4 is 23.2 Å². The first kappa shape index (κ1) is 9.74. The molecule has 0 bridgehead atoms. The summed E-state index contributed by atoms with van der Waals surface area (Å²) >= 11 is 5.82. The summed E-state index contributed by atoms with van der Waals surface area (Å²) in [5.74, 6) is 3.67. The van der Waals surface area contributed by atoms with E-state index in [2.05, 4.69) is 26.3 Å². The van der Waals surface area contributed by atoms with Crippen LogP contribution >= 0.6 is 11.6 Å². The van der Waals surface area contributed by atoms with Gasteiger partial charge in [-0.1, -0.05) is 17.5 Å². The van der Waals surface area contributed by atoms with Crippen LogP contribution in [-0.2, 0) is 0 Å². The summed E-state index contributed by atoms with van der Waals surface area (Å²) in [6.45, 7) is 1.86. The molecule has 1 N–H and O–H groups in total. The smallest absolute Gasteiger partial charge is 0.255 e. The van der Waals surface area contributed by atoms with Gasteiger partial charge in [-0.3, -0.25) is 0 Å². The number of aromatic nitrogens is 4. The van der Waals surface area contributed by atoms with Gasteiger partial charge in [-0.05, 0) is 6.92 Å². The molecule has 0 aliphatic heterocycles. The Hall–Kier alpha value is -1.80. The molecule has 2 heterocycles. The Kier molecular flexibility index (Phi) is 2.44. The summed E-state index contributed by atoms with van der Waals surface area (Å²) in [6.07, 6.45) is 6.68. The predicted molar refractivity (Wildman–Crippen MR) is 57.7 cm³/mol. The molecule has 2 rings (SSSR count). The van der Waals surface area contributed by atoms with Gasteiger partial charge in [0.25, 0.3) is 5.78 Å². The van der Waals surface area contributed by atoms with E-state index in [1.807, 2.05) is 6.92 Å². The van der Waals surface area contributed by atoms with Gasteiger partial charge in [0, 0.05) is 6.07 Å². The molecule has 2 aromatic rings. The molecule has 0 aromatic carbocycles. The number of hydrogen-bond donors (Lipinski definition) is 1. The average molecular weight is 222 g/mol. The maximum Gasteiger partial charge on any atom is 0.255 e. The van der Waals surface area contributed by atoms with Crippen molar-refractivity contribution in [2.75, 3.05) is 5.32 Å². The van der Waals surface area contributed by atoms with Gasteiger partial charge in [-0.15, -0.1) is 6.42 Å². The van der Waals surface area contributed by atoms with E-state index in [9.17, 15) is 0 Å². The van der Waals surface area contributed by atoms with E-state index in [4.69, 9.17) is 18.0 Å². The lowest BCUT2D eigenvalue weighted by Gasteiger charge is -2.09. The fraction of sp³-hybridized carbons (Fsp3) is 0.222. The van der Waals surface area contributed by atoms with E-state index in [-0.39, 0.29) is 6.04 Å². The molecule has 0 amide bonds. The summed E-state index contributed by atoms with van der Waals surface area (Å²) < 4.78 is 1.54. The highest BCUT2D eigenvalue weighted by Gasteiger charge is 2.07. The molecule has 1 unspecified atom stereocenters. The zero-order valence-electron chi connectivity index (χ0n) is 7.98. The normalized spacial score (nSPS) is 12.3.